The second-order valence-corrected chi connectivity index (χ2v) is 7.92. The Labute approximate surface area is 158 Å². The molecule has 0 saturated carbocycles. The lowest BCUT2D eigenvalue weighted by molar-refractivity contribution is 0.0443. The first-order valence-electron chi connectivity index (χ1n) is 9.45. The van der Waals surface area contributed by atoms with Crippen LogP contribution in [0, 0.1) is 17.3 Å². The maximum atomic E-state index is 5.45. The van der Waals surface area contributed by atoms with E-state index in [0.29, 0.717) is 0 Å². The number of rotatable bonds is 3. The van der Waals surface area contributed by atoms with Gasteiger partial charge in [-0.25, -0.2) is 0 Å². The van der Waals surface area contributed by atoms with Gasteiger partial charge in [-0.2, -0.15) is 0 Å². The summed E-state index contributed by atoms with van der Waals surface area (Å²) in [6, 6.07) is 21.4. The molecule has 0 unspecified atom stereocenters. The average molecular weight is 348 g/mol. The van der Waals surface area contributed by atoms with Crippen LogP contribution in [0.5, 0.6) is 0 Å². The SMILES string of the molecule is CC(C)(C)C(C#CCN1CCOCC1)(c1ccccc1)c1ccccc1. The molecule has 0 amide bonds. The number of ether oxygens (including phenoxy) is 1. The Kier molecular flexibility index (Phi) is 5.81. The summed E-state index contributed by atoms with van der Waals surface area (Å²) < 4.78 is 5.45. The highest BCUT2D eigenvalue weighted by Crippen LogP contribution is 2.46. The topological polar surface area (TPSA) is 12.5 Å². The summed E-state index contributed by atoms with van der Waals surface area (Å²) in [5.41, 5.74) is 2.12. The zero-order chi connectivity index (χ0) is 18.5. The predicted octanol–water partition coefficient (Wildman–Crippen LogP) is 4.35. The van der Waals surface area contributed by atoms with Crippen LogP contribution in [0.25, 0.3) is 0 Å². The second-order valence-electron chi connectivity index (χ2n) is 7.92. The smallest absolute Gasteiger partial charge is 0.0860 e. The first kappa shape index (κ1) is 18.7. The Balaban J connectivity index is 2.06. The van der Waals surface area contributed by atoms with Gasteiger partial charge in [0, 0.05) is 13.1 Å². The molecule has 0 aromatic heterocycles. The van der Waals surface area contributed by atoms with Crippen LogP contribution in [0.1, 0.15) is 31.9 Å². The predicted molar refractivity (Wildman–Crippen MR) is 108 cm³/mol. The summed E-state index contributed by atoms with van der Waals surface area (Å²) >= 11 is 0. The molecule has 2 heteroatoms. The normalized spacial score (nSPS) is 16.0. The highest BCUT2D eigenvalue weighted by Gasteiger charge is 2.43. The third-order valence-corrected chi connectivity index (χ3v) is 5.22. The molecule has 1 aliphatic heterocycles. The van der Waals surface area contributed by atoms with E-state index in [1.165, 1.54) is 11.1 Å². The molecule has 0 atom stereocenters. The van der Waals surface area contributed by atoms with Crippen LogP contribution in [0.2, 0.25) is 0 Å². The number of hydrogen-bond donors (Lipinski definition) is 0. The second kappa shape index (κ2) is 8.08. The van der Waals surface area contributed by atoms with Crippen molar-refractivity contribution < 1.29 is 4.74 Å². The number of morpholine rings is 1. The summed E-state index contributed by atoms with van der Waals surface area (Å²) in [4.78, 5) is 2.37. The molecule has 2 aromatic carbocycles. The summed E-state index contributed by atoms with van der Waals surface area (Å²) in [5.74, 6) is 7.24. The lowest BCUT2D eigenvalue weighted by atomic mass is 9.59. The number of nitrogens with zero attached hydrogens (tertiary/aromatic N) is 1. The van der Waals surface area contributed by atoms with Gasteiger partial charge in [0.1, 0.15) is 0 Å². The zero-order valence-electron chi connectivity index (χ0n) is 16.2. The molecule has 0 spiro atoms. The van der Waals surface area contributed by atoms with Gasteiger partial charge in [-0.05, 0) is 16.5 Å². The first-order chi connectivity index (χ1) is 12.5. The average Bonchev–Trinajstić information content (AvgIpc) is 2.66. The molecule has 2 aromatic rings. The van der Waals surface area contributed by atoms with Crippen LogP contribution in [-0.2, 0) is 10.2 Å². The van der Waals surface area contributed by atoms with Gasteiger partial charge in [0.05, 0.1) is 25.2 Å². The van der Waals surface area contributed by atoms with E-state index >= 15 is 0 Å². The fourth-order valence-electron chi connectivity index (χ4n) is 3.78. The quantitative estimate of drug-likeness (QED) is 0.765. The van der Waals surface area contributed by atoms with E-state index in [4.69, 9.17) is 4.74 Å². The Hall–Kier alpha value is -2.08. The maximum Gasteiger partial charge on any atom is 0.0860 e. The van der Waals surface area contributed by atoms with Crippen molar-refractivity contribution in [2.24, 2.45) is 5.41 Å². The van der Waals surface area contributed by atoms with E-state index in [2.05, 4.69) is 98.2 Å². The maximum absolute atomic E-state index is 5.45. The minimum atomic E-state index is -0.345. The summed E-state index contributed by atoms with van der Waals surface area (Å²) in [7, 11) is 0. The molecule has 1 heterocycles. The molecule has 26 heavy (non-hydrogen) atoms. The fourth-order valence-corrected chi connectivity index (χ4v) is 3.78. The van der Waals surface area contributed by atoms with Gasteiger partial charge >= 0.3 is 0 Å². The van der Waals surface area contributed by atoms with Gasteiger partial charge in [-0.15, -0.1) is 0 Å². The molecule has 1 aliphatic rings. The molecular weight excluding hydrogens is 318 g/mol. The lowest BCUT2D eigenvalue weighted by Gasteiger charge is -2.42. The highest BCUT2D eigenvalue weighted by molar-refractivity contribution is 5.50. The molecule has 0 aliphatic carbocycles. The zero-order valence-corrected chi connectivity index (χ0v) is 16.2. The van der Waals surface area contributed by atoms with Crippen molar-refractivity contribution in [1.82, 2.24) is 4.90 Å². The molecule has 0 N–H and O–H groups in total. The molecular formula is C24H29NO. The largest absolute Gasteiger partial charge is 0.379 e. The molecule has 2 nitrogen and oxygen atoms in total. The third-order valence-electron chi connectivity index (χ3n) is 5.22. The Morgan fingerprint density at radius 1 is 0.846 bits per heavy atom. The summed E-state index contributed by atoms with van der Waals surface area (Å²) in [5, 5.41) is 0. The van der Waals surface area contributed by atoms with Crippen molar-refractivity contribution in [2.75, 3.05) is 32.8 Å². The molecule has 136 valence electrons. The third kappa shape index (κ3) is 3.85. The van der Waals surface area contributed by atoms with Gasteiger partial charge in [-0.1, -0.05) is 93.3 Å². The molecule has 1 saturated heterocycles. The van der Waals surface area contributed by atoms with Crippen LogP contribution in [0.15, 0.2) is 60.7 Å². The fraction of sp³-hybridized carbons (Fsp3) is 0.417. The first-order valence-corrected chi connectivity index (χ1v) is 9.45. The van der Waals surface area contributed by atoms with Gasteiger partial charge in [0.25, 0.3) is 0 Å². The van der Waals surface area contributed by atoms with Crippen molar-refractivity contribution in [3.8, 4) is 11.8 Å². The standard InChI is InChI=1S/C24H29NO/c1-23(2,3)24(21-11-6-4-7-12-21,22-13-8-5-9-14-22)15-10-16-25-17-19-26-20-18-25/h4-9,11-14H,16-20H2,1-3H3. The minimum Gasteiger partial charge on any atom is -0.379 e. The Morgan fingerprint density at radius 2 is 1.35 bits per heavy atom. The summed E-state index contributed by atoms with van der Waals surface area (Å²) in [6.45, 7) is 11.2. The van der Waals surface area contributed by atoms with E-state index < -0.39 is 0 Å². The highest BCUT2D eigenvalue weighted by atomic mass is 16.5. The Morgan fingerprint density at radius 3 is 1.81 bits per heavy atom. The van der Waals surface area contributed by atoms with Gasteiger partial charge in [0.15, 0.2) is 0 Å². The van der Waals surface area contributed by atoms with Gasteiger partial charge in [-0.3, -0.25) is 4.90 Å². The van der Waals surface area contributed by atoms with E-state index in [1.54, 1.807) is 0 Å². The van der Waals surface area contributed by atoms with Crippen LogP contribution in [0.3, 0.4) is 0 Å². The van der Waals surface area contributed by atoms with E-state index in [1.807, 2.05) is 0 Å². The van der Waals surface area contributed by atoms with Crippen LogP contribution < -0.4 is 0 Å². The monoisotopic (exact) mass is 347 g/mol. The van der Waals surface area contributed by atoms with Crippen molar-refractivity contribution in [2.45, 2.75) is 26.2 Å². The Bertz CT molecular complexity index is 704. The van der Waals surface area contributed by atoms with Crippen molar-refractivity contribution >= 4 is 0 Å². The van der Waals surface area contributed by atoms with Crippen molar-refractivity contribution in [1.29, 1.82) is 0 Å². The van der Waals surface area contributed by atoms with Crippen molar-refractivity contribution in [3.63, 3.8) is 0 Å². The lowest BCUT2D eigenvalue weighted by Crippen LogP contribution is -2.41. The van der Waals surface area contributed by atoms with Crippen LogP contribution in [-0.4, -0.2) is 37.7 Å². The number of hydrogen-bond acceptors (Lipinski definition) is 2. The van der Waals surface area contributed by atoms with E-state index in [0.717, 1.165) is 32.8 Å². The van der Waals surface area contributed by atoms with Gasteiger partial charge < -0.3 is 4.74 Å². The summed E-state index contributed by atoms with van der Waals surface area (Å²) in [6.07, 6.45) is 0. The minimum absolute atomic E-state index is 0.0479. The molecule has 1 fully saturated rings. The number of benzene rings is 2. The van der Waals surface area contributed by atoms with E-state index in [9.17, 15) is 0 Å². The molecule has 0 radical (unpaired) electrons. The van der Waals surface area contributed by atoms with E-state index in [-0.39, 0.29) is 10.8 Å². The molecule has 0 bridgehead atoms. The van der Waals surface area contributed by atoms with Crippen molar-refractivity contribution in [3.05, 3.63) is 71.8 Å². The molecule has 3 rings (SSSR count). The van der Waals surface area contributed by atoms with Gasteiger partial charge in [0.2, 0.25) is 0 Å². The van der Waals surface area contributed by atoms with Crippen LogP contribution in [0.4, 0.5) is 0 Å². The van der Waals surface area contributed by atoms with Crippen LogP contribution >= 0.6 is 0 Å².